The van der Waals surface area contributed by atoms with Crippen LogP contribution in [-0.2, 0) is 19.6 Å². The van der Waals surface area contributed by atoms with E-state index in [-0.39, 0.29) is 25.5 Å². The second-order valence-corrected chi connectivity index (χ2v) is 6.39. The smallest absolute Gasteiger partial charge is 0.320 e. The Labute approximate surface area is 115 Å². The zero-order valence-corrected chi connectivity index (χ0v) is 11.3. The van der Waals surface area contributed by atoms with Gasteiger partial charge in [-0.25, -0.2) is 12.8 Å². The van der Waals surface area contributed by atoms with Crippen LogP contribution in [-0.4, -0.2) is 49.2 Å². The predicted octanol–water partition coefficient (Wildman–Crippen LogP) is 0.613. The molecule has 0 aliphatic carbocycles. The Morgan fingerprint density at radius 2 is 2.05 bits per heavy atom. The number of hydrogen-bond donors (Lipinski definition) is 1. The van der Waals surface area contributed by atoms with Crippen LogP contribution < -0.4 is 0 Å². The molecule has 6 nitrogen and oxygen atoms in total. The first kappa shape index (κ1) is 14.9. The molecule has 0 radical (unpaired) electrons. The van der Waals surface area contributed by atoms with Gasteiger partial charge in [0, 0.05) is 13.1 Å². The summed E-state index contributed by atoms with van der Waals surface area (Å²) in [6, 6.07) is 5.58. The second-order valence-electron chi connectivity index (χ2n) is 4.42. The Morgan fingerprint density at radius 3 is 2.65 bits per heavy atom. The monoisotopic (exact) mass is 303 g/mol. The molecule has 1 N–H and O–H groups in total. The number of ether oxygens (including phenoxy) is 1. The molecule has 0 bridgehead atoms. The Morgan fingerprint density at radius 1 is 1.40 bits per heavy atom. The van der Waals surface area contributed by atoms with Crippen LogP contribution in [0.25, 0.3) is 0 Å². The second kappa shape index (κ2) is 5.86. The number of carbonyl (C=O) groups is 1. The summed E-state index contributed by atoms with van der Waals surface area (Å²) in [7, 11) is -3.85. The number of carboxylic acid groups (broad SMARTS) is 1. The molecule has 1 unspecified atom stereocenters. The minimum absolute atomic E-state index is 0.0290. The summed E-state index contributed by atoms with van der Waals surface area (Å²) in [5.74, 6) is -2.72. The highest BCUT2D eigenvalue weighted by atomic mass is 32.2. The minimum Gasteiger partial charge on any atom is -0.480 e. The van der Waals surface area contributed by atoms with E-state index in [1.165, 1.54) is 24.3 Å². The summed E-state index contributed by atoms with van der Waals surface area (Å²) in [4.78, 5) is 10.6. The lowest BCUT2D eigenvalue weighted by Gasteiger charge is -2.32. The van der Waals surface area contributed by atoms with E-state index < -0.39 is 27.8 Å². The van der Waals surface area contributed by atoms with Crippen molar-refractivity contribution in [2.75, 3.05) is 25.4 Å². The van der Waals surface area contributed by atoms with Crippen LogP contribution in [0.5, 0.6) is 0 Å². The van der Waals surface area contributed by atoms with Crippen LogP contribution in [0.1, 0.15) is 11.7 Å². The summed E-state index contributed by atoms with van der Waals surface area (Å²) >= 11 is 0. The van der Waals surface area contributed by atoms with Gasteiger partial charge >= 0.3 is 5.97 Å². The molecular formula is C12H14FNO5S. The van der Waals surface area contributed by atoms with E-state index in [9.17, 15) is 17.6 Å². The van der Waals surface area contributed by atoms with E-state index in [2.05, 4.69) is 0 Å². The van der Waals surface area contributed by atoms with Gasteiger partial charge in [0.25, 0.3) is 0 Å². The van der Waals surface area contributed by atoms with Crippen molar-refractivity contribution in [3.05, 3.63) is 35.6 Å². The molecule has 8 heteroatoms. The van der Waals surface area contributed by atoms with Gasteiger partial charge in [-0.3, -0.25) is 4.79 Å². The fourth-order valence-corrected chi connectivity index (χ4v) is 3.21. The molecular weight excluding hydrogens is 289 g/mol. The van der Waals surface area contributed by atoms with Crippen molar-refractivity contribution < 1.29 is 27.4 Å². The summed E-state index contributed by atoms with van der Waals surface area (Å²) in [5, 5.41) is 8.61. The van der Waals surface area contributed by atoms with Crippen LogP contribution in [0, 0.1) is 5.82 Å². The average molecular weight is 303 g/mol. The highest BCUT2D eigenvalue weighted by molar-refractivity contribution is 7.89. The molecule has 2 rings (SSSR count). The number of aliphatic carboxylic acids is 1. The van der Waals surface area contributed by atoms with E-state index in [1.54, 1.807) is 0 Å². The van der Waals surface area contributed by atoms with Gasteiger partial charge in [0.15, 0.2) is 5.75 Å². The number of rotatable bonds is 4. The van der Waals surface area contributed by atoms with Crippen LogP contribution in [0.3, 0.4) is 0 Å². The van der Waals surface area contributed by atoms with Crippen molar-refractivity contribution in [1.29, 1.82) is 0 Å². The lowest BCUT2D eigenvalue weighted by atomic mass is 10.1. The van der Waals surface area contributed by atoms with Crippen molar-refractivity contribution in [3.8, 4) is 0 Å². The number of sulfonamides is 1. The van der Waals surface area contributed by atoms with Crippen molar-refractivity contribution in [3.63, 3.8) is 0 Å². The summed E-state index contributed by atoms with van der Waals surface area (Å²) in [6.45, 7) is 0.315. The maximum absolute atomic E-state index is 12.9. The van der Waals surface area contributed by atoms with Crippen LogP contribution in [0.4, 0.5) is 4.39 Å². The third kappa shape index (κ3) is 3.53. The van der Waals surface area contributed by atoms with Gasteiger partial charge in [-0.2, -0.15) is 4.31 Å². The molecule has 1 atom stereocenters. The van der Waals surface area contributed by atoms with Crippen molar-refractivity contribution in [1.82, 2.24) is 4.31 Å². The van der Waals surface area contributed by atoms with Gasteiger partial charge < -0.3 is 9.84 Å². The van der Waals surface area contributed by atoms with Crippen molar-refractivity contribution in [2.45, 2.75) is 6.10 Å². The molecule has 1 aliphatic rings. The fourth-order valence-electron chi connectivity index (χ4n) is 2.00. The largest absolute Gasteiger partial charge is 0.480 e. The molecule has 1 saturated heterocycles. The van der Waals surface area contributed by atoms with Gasteiger partial charge in [0.05, 0.1) is 12.7 Å². The zero-order valence-electron chi connectivity index (χ0n) is 10.5. The van der Waals surface area contributed by atoms with Gasteiger partial charge in [0.1, 0.15) is 5.82 Å². The number of hydrogen-bond acceptors (Lipinski definition) is 4. The highest BCUT2D eigenvalue weighted by Crippen LogP contribution is 2.24. The van der Waals surface area contributed by atoms with Gasteiger partial charge in [-0.15, -0.1) is 0 Å². The van der Waals surface area contributed by atoms with Crippen LogP contribution in [0.15, 0.2) is 24.3 Å². The Bertz CT molecular complexity index is 586. The topological polar surface area (TPSA) is 83.9 Å². The molecule has 1 aliphatic heterocycles. The average Bonchev–Trinajstić information content (AvgIpc) is 2.38. The number of carboxylic acids is 1. The lowest BCUT2D eigenvalue weighted by Crippen LogP contribution is -2.44. The maximum Gasteiger partial charge on any atom is 0.320 e. The molecule has 1 heterocycles. The van der Waals surface area contributed by atoms with Gasteiger partial charge in [-0.1, -0.05) is 12.1 Å². The third-order valence-corrected chi connectivity index (χ3v) is 4.70. The molecule has 0 amide bonds. The van der Waals surface area contributed by atoms with Crippen molar-refractivity contribution in [2.24, 2.45) is 0 Å². The minimum atomic E-state index is -3.85. The van der Waals surface area contributed by atoms with Gasteiger partial charge in [0.2, 0.25) is 10.0 Å². The van der Waals surface area contributed by atoms with Gasteiger partial charge in [-0.05, 0) is 17.7 Å². The third-order valence-electron chi connectivity index (χ3n) is 2.97. The fraction of sp³-hybridized carbons (Fsp3) is 0.417. The summed E-state index contributed by atoms with van der Waals surface area (Å²) in [5.41, 5.74) is 0.654. The molecule has 20 heavy (non-hydrogen) atoms. The Hall–Kier alpha value is -1.51. The van der Waals surface area contributed by atoms with E-state index in [0.29, 0.717) is 5.56 Å². The highest BCUT2D eigenvalue weighted by Gasteiger charge is 2.31. The van der Waals surface area contributed by atoms with E-state index in [0.717, 1.165) is 4.31 Å². The summed E-state index contributed by atoms with van der Waals surface area (Å²) < 4.78 is 43.1. The first-order valence-electron chi connectivity index (χ1n) is 5.95. The first-order valence-corrected chi connectivity index (χ1v) is 7.56. The summed E-state index contributed by atoms with van der Waals surface area (Å²) in [6.07, 6.45) is -0.520. The molecule has 0 aromatic heterocycles. The quantitative estimate of drug-likeness (QED) is 0.881. The molecule has 1 aromatic rings. The predicted molar refractivity (Wildman–Crippen MR) is 68.1 cm³/mol. The standard InChI is InChI=1S/C12H14FNO5S/c13-10-3-1-9(2-4-10)11-7-14(5-6-19-11)20(17,18)8-12(15)16/h1-4,11H,5-8H2,(H,15,16). The number of morpholine rings is 1. The van der Waals surface area contributed by atoms with E-state index in [1.807, 2.05) is 0 Å². The van der Waals surface area contributed by atoms with Crippen LogP contribution >= 0.6 is 0 Å². The SMILES string of the molecule is O=C(O)CS(=O)(=O)N1CCOC(c2ccc(F)cc2)C1. The molecule has 0 saturated carbocycles. The van der Waals surface area contributed by atoms with E-state index in [4.69, 9.17) is 9.84 Å². The molecule has 1 fully saturated rings. The molecule has 1 aromatic carbocycles. The van der Waals surface area contributed by atoms with Crippen molar-refractivity contribution >= 4 is 16.0 Å². The number of nitrogens with zero attached hydrogens (tertiary/aromatic N) is 1. The molecule has 110 valence electrons. The first-order chi connectivity index (χ1) is 9.38. The molecule has 0 spiro atoms. The Balaban J connectivity index is 2.12. The zero-order chi connectivity index (χ0) is 14.8. The lowest BCUT2D eigenvalue weighted by molar-refractivity contribution is -0.134. The number of halogens is 1. The number of benzene rings is 1. The Kier molecular flexibility index (Phi) is 4.36. The maximum atomic E-state index is 12.9. The van der Waals surface area contributed by atoms with E-state index >= 15 is 0 Å². The van der Waals surface area contributed by atoms with Crippen LogP contribution in [0.2, 0.25) is 0 Å². The normalized spacial score (nSPS) is 20.8.